The maximum absolute atomic E-state index is 12.8. The molecule has 1 aromatic rings. The quantitative estimate of drug-likeness (QED) is 0.882. The Morgan fingerprint density at radius 1 is 1.33 bits per heavy atom. The van der Waals surface area contributed by atoms with Gasteiger partial charge in [0.2, 0.25) is 0 Å². The summed E-state index contributed by atoms with van der Waals surface area (Å²) in [5, 5.41) is 3.46. The number of piperazine rings is 1. The molecule has 0 aliphatic carbocycles. The topological polar surface area (TPSA) is 15.3 Å². The summed E-state index contributed by atoms with van der Waals surface area (Å²) in [6, 6.07) is 7.50. The van der Waals surface area contributed by atoms with Gasteiger partial charge in [0, 0.05) is 32.2 Å². The van der Waals surface area contributed by atoms with Crippen molar-refractivity contribution in [1.29, 1.82) is 0 Å². The van der Waals surface area contributed by atoms with Gasteiger partial charge >= 0.3 is 0 Å². The van der Waals surface area contributed by atoms with Crippen LogP contribution in [0.2, 0.25) is 0 Å². The first-order valence-corrected chi connectivity index (χ1v) is 6.86. The molecule has 0 spiro atoms. The molecule has 100 valence electrons. The van der Waals surface area contributed by atoms with Crippen molar-refractivity contribution in [1.82, 2.24) is 10.2 Å². The normalized spacial score (nSPS) is 21.4. The van der Waals surface area contributed by atoms with Gasteiger partial charge in [-0.2, -0.15) is 0 Å². The predicted molar refractivity (Wildman–Crippen MR) is 73.2 cm³/mol. The molecule has 1 saturated heterocycles. The summed E-state index contributed by atoms with van der Waals surface area (Å²) in [5.74, 6) is 0.520. The maximum Gasteiger partial charge on any atom is 0.123 e. The van der Waals surface area contributed by atoms with Gasteiger partial charge in [0.05, 0.1) is 0 Å². The van der Waals surface area contributed by atoms with Crippen LogP contribution in [0.4, 0.5) is 4.39 Å². The summed E-state index contributed by atoms with van der Waals surface area (Å²) < 4.78 is 12.8. The van der Waals surface area contributed by atoms with Crippen molar-refractivity contribution in [3.63, 3.8) is 0 Å². The molecule has 1 unspecified atom stereocenters. The van der Waals surface area contributed by atoms with Gasteiger partial charge in [-0.25, -0.2) is 4.39 Å². The van der Waals surface area contributed by atoms with Crippen LogP contribution in [-0.2, 0) is 6.42 Å². The molecule has 18 heavy (non-hydrogen) atoms. The lowest BCUT2D eigenvalue weighted by atomic mass is 10.00. The average molecular weight is 250 g/mol. The van der Waals surface area contributed by atoms with Gasteiger partial charge < -0.3 is 5.32 Å². The molecule has 2 rings (SSSR count). The smallest absolute Gasteiger partial charge is 0.123 e. The fraction of sp³-hybridized carbons (Fsp3) is 0.600. The zero-order chi connectivity index (χ0) is 13.0. The van der Waals surface area contributed by atoms with Gasteiger partial charge in [-0.05, 0) is 30.0 Å². The molecule has 0 aromatic heterocycles. The molecule has 1 aromatic carbocycles. The molecule has 1 fully saturated rings. The molecule has 1 atom stereocenters. The van der Waals surface area contributed by atoms with E-state index in [9.17, 15) is 4.39 Å². The Hall–Kier alpha value is -0.930. The summed E-state index contributed by atoms with van der Waals surface area (Å²) in [7, 11) is 0. The highest BCUT2D eigenvalue weighted by Crippen LogP contribution is 2.14. The summed E-state index contributed by atoms with van der Waals surface area (Å²) in [5.41, 5.74) is 1.22. The van der Waals surface area contributed by atoms with E-state index in [1.807, 2.05) is 12.1 Å². The third kappa shape index (κ3) is 3.53. The van der Waals surface area contributed by atoms with Crippen molar-refractivity contribution in [3.8, 4) is 0 Å². The van der Waals surface area contributed by atoms with Crippen molar-refractivity contribution in [3.05, 3.63) is 35.6 Å². The molecule has 1 aliphatic rings. The van der Waals surface area contributed by atoms with E-state index in [-0.39, 0.29) is 5.82 Å². The highest BCUT2D eigenvalue weighted by atomic mass is 19.1. The Bertz CT molecular complexity index is 361. The Balaban J connectivity index is 1.89. The average Bonchev–Trinajstić information content (AvgIpc) is 2.38. The number of halogens is 1. The zero-order valence-electron chi connectivity index (χ0n) is 11.3. The Kier molecular flexibility index (Phi) is 4.72. The second-order valence-corrected chi connectivity index (χ2v) is 5.43. The minimum atomic E-state index is -0.152. The van der Waals surface area contributed by atoms with Crippen LogP contribution in [0, 0.1) is 11.7 Å². The van der Waals surface area contributed by atoms with E-state index in [2.05, 4.69) is 24.1 Å². The number of nitrogens with zero attached hydrogens (tertiary/aromatic N) is 1. The first-order valence-electron chi connectivity index (χ1n) is 6.86. The molecule has 0 radical (unpaired) electrons. The molecular formula is C15H23FN2. The zero-order valence-corrected chi connectivity index (χ0v) is 11.3. The van der Waals surface area contributed by atoms with E-state index >= 15 is 0 Å². The van der Waals surface area contributed by atoms with Crippen molar-refractivity contribution in [2.24, 2.45) is 5.92 Å². The van der Waals surface area contributed by atoms with Gasteiger partial charge in [0.1, 0.15) is 5.82 Å². The Morgan fingerprint density at radius 3 is 2.72 bits per heavy atom. The number of nitrogens with one attached hydrogen (secondary N) is 1. The lowest BCUT2D eigenvalue weighted by Gasteiger charge is -2.38. The van der Waals surface area contributed by atoms with Crippen LogP contribution in [0.3, 0.4) is 0 Å². The third-order valence-electron chi connectivity index (χ3n) is 3.77. The minimum absolute atomic E-state index is 0.152. The first kappa shape index (κ1) is 13.5. The van der Waals surface area contributed by atoms with Crippen molar-refractivity contribution in [2.75, 3.05) is 26.2 Å². The molecule has 3 heteroatoms. The van der Waals surface area contributed by atoms with Gasteiger partial charge in [-0.1, -0.05) is 26.0 Å². The van der Waals surface area contributed by atoms with Gasteiger partial charge in [-0.15, -0.1) is 0 Å². The van der Waals surface area contributed by atoms with Gasteiger partial charge in [0.25, 0.3) is 0 Å². The maximum atomic E-state index is 12.8. The van der Waals surface area contributed by atoms with E-state index in [1.165, 1.54) is 5.56 Å². The van der Waals surface area contributed by atoms with Gasteiger partial charge in [0.15, 0.2) is 0 Å². The van der Waals surface area contributed by atoms with Crippen LogP contribution >= 0.6 is 0 Å². The van der Waals surface area contributed by atoms with E-state index in [1.54, 1.807) is 12.1 Å². The summed E-state index contributed by atoms with van der Waals surface area (Å²) >= 11 is 0. The second-order valence-electron chi connectivity index (χ2n) is 5.43. The van der Waals surface area contributed by atoms with Gasteiger partial charge in [-0.3, -0.25) is 4.90 Å². The minimum Gasteiger partial charge on any atom is -0.314 e. The Labute approximate surface area is 109 Å². The number of rotatable bonds is 4. The molecule has 1 aliphatic heterocycles. The monoisotopic (exact) mass is 250 g/mol. The first-order chi connectivity index (χ1) is 8.66. The largest absolute Gasteiger partial charge is 0.314 e. The number of hydrogen-bond acceptors (Lipinski definition) is 2. The number of benzene rings is 1. The van der Waals surface area contributed by atoms with Crippen molar-refractivity contribution in [2.45, 2.75) is 26.3 Å². The predicted octanol–water partition coefficient (Wildman–Crippen LogP) is 2.30. The molecule has 0 amide bonds. The fourth-order valence-corrected chi connectivity index (χ4v) is 2.63. The lowest BCUT2D eigenvalue weighted by Crippen LogP contribution is -2.53. The van der Waals surface area contributed by atoms with E-state index in [4.69, 9.17) is 0 Å². The van der Waals surface area contributed by atoms with Crippen molar-refractivity contribution < 1.29 is 4.39 Å². The molecule has 1 heterocycles. The third-order valence-corrected chi connectivity index (χ3v) is 3.77. The van der Waals surface area contributed by atoms with Crippen LogP contribution in [0.1, 0.15) is 19.4 Å². The SMILES string of the molecule is CC(C)C1CNCCN1CCc1ccc(F)cc1. The van der Waals surface area contributed by atoms with Crippen LogP contribution in [0.15, 0.2) is 24.3 Å². The molecule has 2 nitrogen and oxygen atoms in total. The molecule has 1 N–H and O–H groups in total. The Morgan fingerprint density at radius 2 is 2.06 bits per heavy atom. The molecular weight excluding hydrogens is 227 g/mol. The van der Waals surface area contributed by atoms with E-state index in [0.29, 0.717) is 12.0 Å². The van der Waals surface area contributed by atoms with E-state index < -0.39 is 0 Å². The van der Waals surface area contributed by atoms with Crippen molar-refractivity contribution >= 4 is 0 Å². The van der Waals surface area contributed by atoms with E-state index in [0.717, 1.165) is 32.6 Å². The highest BCUT2D eigenvalue weighted by Gasteiger charge is 2.24. The summed E-state index contributed by atoms with van der Waals surface area (Å²) in [6.07, 6.45) is 1.00. The summed E-state index contributed by atoms with van der Waals surface area (Å²) in [6.45, 7) is 8.90. The van der Waals surface area contributed by atoms with Crippen LogP contribution < -0.4 is 5.32 Å². The second kappa shape index (κ2) is 6.30. The lowest BCUT2D eigenvalue weighted by molar-refractivity contribution is 0.126. The molecule has 0 bridgehead atoms. The molecule has 0 saturated carbocycles. The number of hydrogen-bond donors (Lipinski definition) is 1. The fourth-order valence-electron chi connectivity index (χ4n) is 2.63. The summed E-state index contributed by atoms with van der Waals surface area (Å²) in [4.78, 5) is 2.56. The standard InChI is InChI=1S/C15H23FN2/c1-12(2)15-11-17-8-10-18(15)9-7-13-3-5-14(16)6-4-13/h3-6,12,15,17H,7-11H2,1-2H3. The van der Waals surface area contributed by atoms with Crippen LogP contribution in [-0.4, -0.2) is 37.1 Å². The highest BCUT2D eigenvalue weighted by molar-refractivity contribution is 5.16. The van der Waals surface area contributed by atoms with Crippen LogP contribution in [0.5, 0.6) is 0 Å². The van der Waals surface area contributed by atoms with Crippen LogP contribution in [0.25, 0.3) is 0 Å².